The Bertz CT molecular complexity index is 2030. The fourth-order valence-corrected chi connectivity index (χ4v) is 7.19. The number of rotatable bonds is 8. The molecule has 3 aliphatic rings. The van der Waals surface area contributed by atoms with Crippen molar-refractivity contribution in [1.82, 2.24) is 35.3 Å². The maximum Gasteiger partial charge on any atom is 0.252 e. The van der Waals surface area contributed by atoms with Crippen LogP contribution >= 0.6 is 0 Å². The van der Waals surface area contributed by atoms with E-state index in [4.69, 9.17) is 23.7 Å². The van der Waals surface area contributed by atoms with E-state index in [1.807, 2.05) is 30.3 Å². The minimum atomic E-state index is -1.19. The Morgan fingerprint density at radius 2 is 1.57 bits per heavy atom. The van der Waals surface area contributed by atoms with Crippen molar-refractivity contribution in [2.75, 3.05) is 26.9 Å². The van der Waals surface area contributed by atoms with Gasteiger partial charge in [-0.15, -0.1) is 10.2 Å². The number of methoxy groups -OCH3 is 1. The van der Waals surface area contributed by atoms with Crippen LogP contribution in [0.4, 0.5) is 8.78 Å². The molecule has 0 bridgehead atoms. The number of aliphatic hydroxyl groups excluding tert-OH is 1. The highest BCUT2D eigenvalue weighted by atomic mass is 19.1. The molecule has 1 amide bonds. The van der Waals surface area contributed by atoms with E-state index in [1.165, 1.54) is 36.1 Å². The average molecular weight is 730 g/mol. The van der Waals surface area contributed by atoms with Crippen molar-refractivity contribution in [3.63, 3.8) is 0 Å². The lowest BCUT2D eigenvalue weighted by molar-refractivity contribution is -0.243. The normalized spacial score (nSPS) is 28.9. The van der Waals surface area contributed by atoms with Gasteiger partial charge in [-0.25, -0.2) is 18.1 Å². The zero-order chi connectivity index (χ0) is 36.5. The highest BCUT2D eigenvalue weighted by Gasteiger charge is 2.53. The maximum atomic E-state index is 14.2. The zero-order valence-electron chi connectivity index (χ0n) is 28.5. The minimum absolute atomic E-state index is 0.0183. The van der Waals surface area contributed by atoms with Gasteiger partial charge in [0.2, 0.25) is 0 Å². The van der Waals surface area contributed by atoms with Gasteiger partial charge < -0.3 is 34.1 Å². The molecule has 9 atom stereocenters. The average Bonchev–Trinajstić information content (AvgIpc) is 3.82. The van der Waals surface area contributed by atoms with E-state index in [9.17, 15) is 18.7 Å². The molecule has 14 nitrogen and oxygen atoms in total. The van der Waals surface area contributed by atoms with Gasteiger partial charge in [-0.2, -0.15) is 0 Å². The highest BCUT2D eigenvalue weighted by molar-refractivity contribution is 5.82. The molecule has 2 N–H and O–H groups in total. The van der Waals surface area contributed by atoms with Crippen molar-refractivity contribution in [3.05, 3.63) is 108 Å². The van der Waals surface area contributed by atoms with Gasteiger partial charge in [0.1, 0.15) is 53.4 Å². The fraction of sp³-hybridized carbons (Fsp3) is 0.378. The number of amides is 1. The topological polar surface area (TPSA) is 157 Å². The van der Waals surface area contributed by atoms with Gasteiger partial charge in [-0.3, -0.25) is 4.79 Å². The van der Waals surface area contributed by atoms with Crippen LogP contribution in [0.3, 0.4) is 0 Å². The number of carbonyl (C=O) groups excluding carboxylic acids is 1. The number of nitrogens with zero attached hydrogens (tertiary/aromatic N) is 6. The van der Waals surface area contributed by atoms with Gasteiger partial charge in [0.15, 0.2) is 12.4 Å². The van der Waals surface area contributed by atoms with Crippen LogP contribution in [-0.4, -0.2) is 104 Å². The summed E-state index contributed by atoms with van der Waals surface area (Å²) in [4.78, 5) is 14.2. The van der Waals surface area contributed by atoms with Gasteiger partial charge in [0, 0.05) is 23.8 Å². The Labute approximate surface area is 302 Å². The van der Waals surface area contributed by atoms with Crippen LogP contribution in [0, 0.1) is 11.6 Å². The van der Waals surface area contributed by atoms with E-state index < -0.39 is 72.5 Å². The molecule has 5 heterocycles. The molecule has 3 aromatic carbocycles. The fourth-order valence-electron chi connectivity index (χ4n) is 7.19. The molecule has 3 saturated heterocycles. The molecule has 53 heavy (non-hydrogen) atoms. The molecule has 276 valence electrons. The largest absolute Gasteiger partial charge is 0.389 e. The Balaban J connectivity index is 1.06. The first-order chi connectivity index (χ1) is 25.9. The van der Waals surface area contributed by atoms with E-state index in [0.717, 1.165) is 5.56 Å². The van der Waals surface area contributed by atoms with E-state index in [-0.39, 0.29) is 19.8 Å². The lowest BCUT2D eigenvalue weighted by atomic mass is 9.90. The van der Waals surface area contributed by atoms with Crippen LogP contribution in [0.2, 0.25) is 0 Å². The van der Waals surface area contributed by atoms with Crippen LogP contribution in [0.15, 0.2) is 91.3 Å². The molecule has 3 fully saturated rings. The molecule has 0 saturated carbocycles. The molecule has 0 radical (unpaired) electrons. The van der Waals surface area contributed by atoms with Crippen LogP contribution < -0.4 is 5.32 Å². The molecular weight excluding hydrogens is 692 g/mol. The first-order valence-electron chi connectivity index (χ1n) is 17.3. The number of aromatic nitrogens is 6. The van der Waals surface area contributed by atoms with E-state index in [2.05, 4.69) is 25.9 Å². The molecule has 5 aromatic rings. The van der Waals surface area contributed by atoms with Crippen molar-refractivity contribution in [2.45, 2.75) is 61.4 Å². The third-order valence-corrected chi connectivity index (χ3v) is 9.84. The number of hydrogen-bond acceptors (Lipinski definition) is 11. The molecule has 3 aliphatic heterocycles. The van der Waals surface area contributed by atoms with Crippen molar-refractivity contribution >= 4 is 5.91 Å². The molecule has 8 rings (SSSR count). The number of aliphatic hydroxyl groups is 1. The zero-order valence-corrected chi connectivity index (χ0v) is 28.5. The summed E-state index contributed by atoms with van der Waals surface area (Å²) in [5.74, 6) is -1.39. The smallest absolute Gasteiger partial charge is 0.252 e. The summed E-state index contributed by atoms with van der Waals surface area (Å²) in [6, 6.07) is 19.1. The first kappa shape index (κ1) is 35.1. The summed E-state index contributed by atoms with van der Waals surface area (Å²) >= 11 is 0. The molecule has 1 unspecified atom stereocenters. The summed E-state index contributed by atoms with van der Waals surface area (Å²) < 4.78 is 62.1. The molecule has 0 aliphatic carbocycles. The molecular formula is C37H37F2N7O7. The minimum Gasteiger partial charge on any atom is -0.389 e. The van der Waals surface area contributed by atoms with Crippen LogP contribution in [0.5, 0.6) is 0 Å². The van der Waals surface area contributed by atoms with Gasteiger partial charge in [-0.1, -0.05) is 65.0 Å². The van der Waals surface area contributed by atoms with Gasteiger partial charge >= 0.3 is 0 Å². The second kappa shape index (κ2) is 15.2. The van der Waals surface area contributed by atoms with Crippen molar-refractivity contribution < 1.29 is 42.4 Å². The lowest BCUT2D eigenvalue weighted by Gasteiger charge is -2.45. The maximum absolute atomic E-state index is 14.2. The number of fused-ring (bicyclic) bond motifs is 1. The van der Waals surface area contributed by atoms with Crippen LogP contribution in [0.1, 0.15) is 30.4 Å². The monoisotopic (exact) mass is 729 g/mol. The number of benzene rings is 3. The quantitative estimate of drug-likeness (QED) is 0.241. The number of nitrogens with one attached hydrogen (secondary N) is 1. The van der Waals surface area contributed by atoms with Gasteiger partial charge in [0.05, 0.1) is 44.4 Å². The Kier molecular flexibility index (Phi) is 10.0. The summed E-state index contributed by atoms with van der Waals surface area (Å²) in [5, 5.41) is 31.5. The summed E-state index contributed by atoms with van der Waals surface area (Å²) in [7, 11) is 1.46. The molecule has 0 spiro atoms. The Morgan fingerprint density at radius 1 is 0.887 bits per heavy atom. The second-order valence-corrected chi connectivity index (χ2v) is 13.2. The van der Waals surface area contributed by atoms with Crippen LogP contribution in [-0.2, 0) is 28.5 Å². The predicted molar refractivity (Wildman–Crippen MR) is 182 cm³/mol. The van der Waals surface area contributed by atoms with Gasteiger partial charge in [0.25, 0.3) is 5.91 Å². The number of hydrogen-bond donors (Lipinski definition) is 2. The highest BCUT2D eigenvalue weighted by Crippen LogP contribution is 2.40. The van der Waals surface area contributed by atoms with Gasteiger partial charge in [-0.05, 0) is 30.7 Å². The summed E-state index contributed by atoms with van der Waals surface area (Å²) in [6.45, 7) is 0.397. The molecule has 2 aromatic heterocycles. The number of carbonyl (C=O) groups is 1. The van der Waals surface area contributed by atoms with E-state index in [1.54, 1.807) is 41.3 Å². The third-order valence-electron chi connectivity index (χ3n) is 9.84. The Morgan fingerprint density at radius 3 is 2.25 bits per heavy atom. The standard InChI is InChI=1S/C37H37F2N7O7/c1-49-34-31(46-18-27(42-44-46)23-10-6-12-25(39)16-23)33-30(13-14-51-37(53-33)21-7-3-2-4-8-21)52-35(34)36(48)40-28-19-50-20-29(32(28)47)45-17-26(41-43-45)22-9-5-11-24(38)15-22/h2-12,15-18,28-35,37,47H,13-14,19-20H2,1H3,(H,40,48)/t28-,29+,30-,31+,32+,33+,34-,35-,37?/m1/s1. The number of ether oxygens (including phenoxy) is 5. The summed E-state index contributed by atoms with van der Waals surface area (Å²) in [5.41, 5.74) is 2.68. The first-order valence-corrected chi connectivity index (χ1v) is 17.3. The third kappa shape index (κ3) is 7.21. The summed E-state index contributed by atoms with van der Waals surface area (Å²) in [6.07, 6.45) is -1.75. The molecule has 16 heteroatoms. The SMILES string of the molecule is CO[C@@H]1[C@@H](n2cc(-c3cccc(F)c3)nn2)[C@H]2OC(c3ccccc3)OCC[C@H]2O[C@H]1C(=O)N[C@@H]1COC[C@H](n2cc(-c3cccc(F)c3)nn2)[C@H]1O. The predicted octanol–water partition coefficient (Wildman–Crippen LogP) is 3.43. The lowest BCUT2D eigenvalue weighted by Crippen LogP contribution is -2.63. The van der Waals surface area contributed by atoms with E-state index in [0.29, 0.717) is 28.9 Å². The van der Waals surface area contributed by atoms with Crippen LogP contribution in [0.25, 0.3) is 22.5 Å². The van der Waals surface area contributed by atoms with E-state index >= 15 is 0 Å². The van der Waals surface area contributed by atoms with Crippen molar-refractivity contribution in [1.29, 1.82) is 0 Å². The number of halogens is 2. The van der Waals surface area contributed by atoms with Crippen molar-refractivity contribution in [3.8, 4) is 22.5 Å². The Hall–Kier alpha value is -4.97. The van der Waals surface area contributed by atoms with Crippen molar-refractivity contribution in [2.24, 2.45) is 0 Å². The second-order valence-electron chi connectivity index (χ2n) is 13.2.